The highest BCUT2D eigenvalue weighted by Gasteiger charge is 2.32. The molecular formula is C23H25NO4. The van der Waals surface area contributed by atoms with E-state index in [1.54, 1.807) is 0 Å². The van der Waals surface area contributed by atoms with E-state index >= 15 is 0 Å². The minimum atomic E-state index is -0.986. The number of fused-ring (bicyclic) bond motifs is 3. The van der Waals surface area contributed by atoms with Crippen LogP contribution in [0.1, 0.15) is 49.1 Å². The standard InChI is InChI=1S/C23H25NO4/c25-22(26)21(15-8-2-1-3-9-15)24-23(27)28-14-20-18-12-6-4-10-16(18)17-11-5-7-13-19(17)20/h4-7,10-13,15,20-21H,1-3,8-9,14H2,(H,24,27)(H,25,26)/t21-/m0/s1. The van der Waals surface area contributed by atoms with Gasteiger partial charge in [-0.3, -0.25) is 0 Å². The maximum absolute atomic E-state index is 12.4. The van der Waals surface area contributed by atoms with Crippen molar-refractivity contribution in [2.24, 2.45) is 5.92 Å². The molecule has 2 N–H and O–H groups in total. The molecule has 5 nitrogen and oxygen atoms in total. The number of amides is 1. The van der Waals surface area contributed by atoms with Crippen LogP contribution >= 0.6 is 0 Å². The Kier molecular flexibility index (Phi) is 5.33. The Morgan fingerprint density at radius 3 is 2.11 bits per heavy atom. The van der Waals surface area contributed by atoms with Gasteiger partial charge >= 0.3 is 12.1 Å². The molecule has 1 atom stereocenters. The maximum Gasteiger partial charge on any atom is 0.407 e. The molecule has 1 amide bonds. The molecule has 2 aromatic carbocycles. The molecule has 28 heavy (non-hydrogen) atoms. The Hall–Kier alpha value is -2.82. The normalized spacial score (nSPS) is 17.4. The smallest absolute Gasteiger partial charge is 0.407 e. The molecule has 0 radical (unpaired) electrons. The topological polar surface area (TPSA) is 75.6 Å². The summed E-state index contributed by atoms with van der Waals surface area (Å²) < 4.78 is 5.50. The van der Waals surface area contributed by atoms with Gasteiger partial charge in [-0.1, -0.05) is 67.8 Å². The molecule has 2 aliphatic carbocycles. The zero-order valence-electron chi connectivity index (χ0n) is 15.8. The molecule has 0 aliphatic heterocycles. The number of rotatable bonds is 5. The van der Waals surface area contributed by atoms with Crippen molar-refractivity contribution in [3.63, 3.8) is 0 Å². The molecule has 4 rings (SSSR count). The lowest BCUT2D eigenvalue weighted by Crippen LogP contribution is -2.46. The number of hydrogen-bond donors (Lipinski definition) is 2. The number of carboxylic acid groups (broad SMARTS) is 1. The number of aliphatic carboxylic acids is 1. The average molecular weight is 379 g/mol. The molecule has 0 bridgehead atoms. The second kappa shape index (κ2) is 8.05. The number of carboxylic acids is 1. The van der Waals surface area contributed by atoms with E-state index < -0.39 is 18.1 Å². The van der Waals surface area contributed by atoms with Crippen LogP contribution in [0.4, 0.5) is 4.79 Å². The van der Waals surface area contributed by atoms with Crippen molar-refractivity contribution in [3.8, 4) is 11.1 Å². The highest BCUT2D eigenvalue weighted by Crippen LogP contribution is 2.44. The Morgan fingerprint density at radius 1 is 0.964 bits per heavy atom. The van der Waals surface area contributed by atoms with Crippen LogP contribution in [0.15, 0.2) is 48.5 Å². The van der Waals surface area contributed by atoms with Crippen LogP contribution in [0.5, 0.6) is 0 Å². The zero-order chi connectivity index (χ0) is 19.5. The first kappa shape index (κ1) is 18.5. The molecule has 1 saturated carbocycles. The third kappa shape index (κ3) is 3.61. The predicted octanol–water partition coefficient (Wildman–Crippen LogP) is 4.56. The number of benzene rings is 2. The molecule has 2 aliphatic rings. The van der Waals surface area contributed by atoms with E-state index in [2.05, 4.69) is 29.6 Å². The summed E-state index contributed by atoms with van der Waals surface area (Å²) >= 11 is 0. The Balaban J connectivity index is 1.44. The number of alkyl carbamates (subject to hydrolysis) is 1. The number of nitrogens with one attached hydrogen (secondary N) is 1. The van der Waals surface area contributed by atoms with Gasteiger partial charge in [0, 0.05) is 5.92 Å². The molecule has 5 heteroatoms. The summed E-state index contributed by atoms with van der Waals surface area (Å²) in [5.74, 6) is -1.04. The fourth-order valence-corrected chi connectivity index (χ4v) is 4.62. The molecular weight excluding hydrogens is 354 g/mol. The van der Waals surface area contributed by atoms with Gasteiger partial charge in [0.15, 0.2) is 0 Å². The fraction of sp³-hybridized carbons (Fsp3) is 0.391. The first-order chi connectivity index (χ1) is 13.6. The predicted molar refractivity (Wildman–Crippen MR) is 106 cm³/mol. The second-order valence-corrected chi connectivity index (χ2v) is 7.68. The van der Waals surface area contributed by atoms with Crippen molar-refractivity contribution in [3.05, 3.63) is 59.7 Å². The van der Waals surface area contributed by atoms with Gasteiger partial charge in [0.2, 0.25) is 0 Å². The Labute approximate surface area is 164 Å². The van der Waals surface area contributed by atoms with Gasteiger partial charge in [-0.2, -0.15) is 0 Å². The van der Waals surface area contributed by atoms with Gasteiger partial charge in [0.1, 0.15) is 12.6 Å². The molecule has 2 aromatic rings. The van der Waals surface area contributed by atoms with Crippen molar-refractivity contribution >= 4 is 12.1 Å². The van der Waals surface area contributed by atoms with Gasteiger partial charge in [-0.25, -0.2) is 9.59 Å². The van der Waals surface area contributed by atoms with E-state index in [4.69, 9.17) is 4.74 Å². The Morgan fingerprint density at radius 2 is 1.54 bits per heavy atom. The fourth-order valence-electron chi connectivity index (χ4n) is 4.62. The largest absolute Gasteiger partial charge is 0.480 e. The first-order valence-corrected chi connectivity index (χ1v) is 9.99. The summed E-state index contributed by atoms with van der Waals surface area (Å²) in [5.41, 5.74) is 4.60. The maximum atomic E-state index is 12.4. The lowest BCUT2D eigenvalue weighted by molar-refractivity contribution is -0.141. The molecule has 0 heterocycles. The average Bonchev–Trinajstić information content (AvgIpc) is 3.05. The third-order valence-electron chi connectivity index (χ3n) is 6.00. The molecule has 0 saturated heterocycles. The quantitative estimate of drug-likeness (QED) is 0.799. The van der Waals surface area contributed by atoms with Gasteiger partial charge < -0.3 is 15.2 Å². The monoisotopic (exact) mass is 379 g/mol. The van der Waals surface area contributed by atoms with Gasteiger partial charge in [-0.05, 0) is 41.0 Å². The molecule has 0 aromatic heterocycles. The number of carbonyl (C=O) groups excluding carboxylic acids is 1. The highest BCUT2D eigenvalue weighted by molar-refractivity contribution is 5.81. The molecule has 0 unspecified atom stereocenters. The molecule has 1 fully saturated rings. The minimum Gasteiger partial charge on any atom is -0.480 e. The van der Waals surface area contributed by atoms with E-state index in [0.29, 0.717) is 0 Å². The summed E-state index contributed by atoms with van der Waals surface area (Å²) in [5, 5.41) is 12.1. The van der Waals surface area contributed by atoms with Crippen molar-refractivity contribution in [1.29, 1.82) is 0 Å². The number of ether oxygens (including phenoxy) is 1. The molecule has 146 valence electrons. The minimum absolute atomic E-state index is 0.0215. The zero-order valence-corrected chi connectivity index (χ0v) is 15.8. The summed E-state index contributed by atoms with van der Waals surface area (Å²) in [6.07, 6.45) is 4.18. The summed E-state index contributed by atoms with van der Waals surface area (Å²) in [7, 11) is 0. The van der Waals surface area contributed by atoms with Gasteiger partial charge in [0.05, 0.1) is 0 Å². The van der Waals surface area contributed by atoms with Crippen LogP contribution in [0, 0.1) is 5.92 Å². The van der Waals surface area contributed by atoms with Crippen molar-refractivity contribution in [2.75, 3.05) is 6.61 Å². The summed E-state index contributed by atoms with van der Waals surface area (Å²) in [6.45, 7) is 0.191. The van der Waals surface area contributed by atoms with Crippen LogP contribution in [0.25, 0.3) is 11.1 Å². The lowest BCUT2D eigenvalue weighted by Gasteiger charge is -2.27. The van der Waals surface area contributed by atoms with Crippen LogP contribution in [0.3, 0.4) is 0 Å². The summed E-state index contributed by atoms with van der Waals surface area (Å²) in [4.78, 5) is 24.0. The second-order valence-electron chi connectivity index (χ2n) is 7.68. The SMILES string of the molecule is O=C(N[C@H](C(=O)O)C1CCCCC1)OCC1c2ccccc2-c2ccccc21. The van der Waals surface area contributed by atoms with Gasteiger partial charge in [-0.15, -0.1) is 0 Å². The van der Waals surface area contributed by atoms with E-state index in [0.717, 1.165) is 54.4 Å². The highest BCUT2D eigenvalue weighted by atomic mass is 16.5. The Bertz CT molecular complexity index is 827. The van der Waals surface area contributed by atoms with Crippen molar-refractivity contribution < 1.29 is 19.4 Å². The van der Waals surface area contributed by atoms with Crippen molar-refractivity contribution in [1.82, 2.24) is 5.32 Å². The number of carbonyl (C=O) groups is 2. The van der Waals surface area contributed by atoms with E-state index in [-0.39, 0.29) is 18.4 Å². The van der Waals surface area contributed by atoms with Crippen LogP contribution in [-0.4, -0.2) is 29.8 Å². The summed E-state index contributed by atoms with van der Waals surface area (Å²) in [6, 6.07) is 15.4. The van der Waals surface area contributed by atoms with Crippen LogP contribution < -0.4 is 5.32 Å². The van der Waals surface area contributed by atoms with E-state index in [1.165, 1.54) is 0 Å². The third-order valence-corrected chi connectivity index (χ3v) is 6.00. The first-order valence-electron chi connectivity index (χ1n) is 9.99. The van der Waals surface area contributed by atoms with Crippen LogP contribution in [-0.2, 0) is 9.53 Å². The van der Waals surface area contributed by atoms with Crippen LogP contribution in [0.2, 0.25) is 0 Å². The molecule has 0 spiro atoms. The van der Waals surface area contributed by atoms with Gasteiger partial charge in [0.25, 0.3) is 0 Å². The van der Waals surface area contributed by atoms with E-state index in [1.807, 2.05) is 24.3 Å². The lowest BCUT2D eigenvalue weighted by atomic mass is 9.84. The van der Waals surface area contributed by atoms with Crippen molar-refractivity contribution in [2.45, 2.75) is 44.1 Å². The number of hydrogen-bond acceptors (Lipinski definition) is 3. The van der Waals surface area contributed by atoms with E-state index in [9.17, 15) is 14.7 Å².